The van der Waals surface area contributed by atoms with Crippen molar-refractivity contribution >= 4 is 28.2 Å². The third-order valence-electron chi connectivity index (χ3n) is 2.51. The summed E-state index contributed by atoms with van der Waals surface area (Å²) in [6.45, 7) is 0. The van der Waals surface area contributed by atoms with E-state index in [-0.39, 0.29) is 11.8 Å². The number of anilines is 1. The first-order valence-corrected chi connectivity index (χ1v) is 5.68. The monoisotopic (exact) mass is 229 g/mol. The second kappa shape index (κ2) is 3.28. The number of hydrogen-bond acceptors (Lipinski definition) is 3. The standard InChI is InChI=1S/C12H7NO2S/c14-10(8-4-2-1-3-5-8)13-11(15)9-6-7-16-12(9)13/h1-7H. The fourth-order valence-electron chi connectivity index (χ4n) is 1.69. The van der Waals surface area contributed by atoms with Crippen LogP contribution in [0.25, 0.3) is 0 Å². The molecule has 0 atom stereocenters. The molecule has 0 N–H and O–H groups in total. The second-order valence-electron chi connectivity index (χ2n) is 3.45. The molecule has 0 saturated heterocycles. The SMILES string of the molecule is O=C(c1ccccc1)N1C(=O)c2ccsc21. The maximum Gasteiger partial charge on any atom is 0.269 e. The normalized spacial score (nSPS) is 13.2. The smallest absolute Gasteiger partial charge is 0.268 e. The highest BCUT2D eigenvalue weighted by molar-refractivity contribution is 7.16. The Labute approximate surface area is 95.9 Å². The van der Waals surface area contributed by atoms with Crippen LogP contribution >= 0.6 is 11.3 Å². The minimum atomic E-state index is -0.249. The van der Waals surface area contributed by atoms with Gasteiger partial charge in [0.2, 0.25) is 0 Å². The van der Waals surface area contributed by atoms with E-state index < -0.39 is 0 Å². The van der Waals surface area contributed by atoms with Gasteiger partial charge in [-0.25, -0.2) is 4.90 Å². The molecule has 0 aliphatic carbocycles. The van der Waals surface area contributed by atoms with E-state index >= 15 is 0 Å². The zero-order valence-corrected chi connectivity index (χ0v) is 9.03. The molecule has 0 unspecified atom stereocenters. The van der Waals surface area contributed by atoms with Crippen molar-refractivity contribution in [3.8, 4) is 0 Å². The number of fused-ring (bicyclic) bond motifs is 1. The summed E-state index contributed by atoms with van der Waals surface area (Å²) in [4.78, 5) is 24.9. The van der Waals surface area contributed by atoms with Gasteiger partial charge in [0.1, 0.15) is 5.00 Å². The van der Waals surface area contributed by atoms with Crippen molar-refractivity contribution < 1.29 is 9.59 Å². The van der Waals surface area contributed by atoms with Crippen molar-refractivity contribution in [2.24, 2.45) is 0 Å². The van der Waals surface area contributed by atoms with Gasteiger partial charge in [0.25, 0.3) is 11.8 Å². The molecule has 0 radical (unpaired) electrons. The zero-order valence-electron chi connectivity index (χ0n) is 8.21. The molecule has 0 saturated carbocycles. The number of carbonyl (C=O) groups excluding carboxylic acids is 2. The maximum absolute atomic E-state index is 12.0. The van der Waals surface area contributed by atoms with Gasteiger partial charge in [0.15, 0.2) is 0 Å². The fourth-order valence-corrected chi connectivity index (χ4v) is 2.58. The van der Waals surface area contributed by atoms with Gasteiger partial charge in [-0.15, -0.1) is 11.3 Å². The average molecular weight is 229 g/mol. The predicted octanol–water partition coefficient (Wildman–Crippen LogP) is 2.55. The molecule has 16 heavy (non-hydrogen) atoms. The number of nitrogens with zero attached hydrogens (tertiary/aromatic N) is 1. The first-order valence-electron chi connectivity index (χ1n) is 4.80. The van der Waals surface area contributed by atoms with Gasteiger partial charge in [-0.3, -0.25) is 9.59 Å². The van der Waals surface area contributed by atoms with Gasteiger partial charge in [-0.05, 0) is 23.6 Å². The van der Waals surface area contributed by atoms with E-state index in [1.807, 2.05) is 11.4 Å². The molecule has 3 rings (SSSR count). The Bertz CT molecular complexity index is 574. The number of hydrogen-bond donors (Lipinski definition) is 0. The number of benzene rings is 1. The van der Waals surface area contributed by atoms with Crippen LogP contribution in [-0.2, 0) is 0 Å². The van der Waals surface area contributed by atoms with Gasteiger partial charge in [-0.1, -0.05) is 18.2 Å². The van der Waals surface area contributed by atoms with Crippen LogP contribution in [0.1, 0.15) is 20.7 Å². The topological polar surface area (TPSA) is 37.4 Å². The van der Waals surface area contributed by atoms with Crippen molar-refractivity contribution in [1.29, 1.82) is 0 Å². The summed E-state index contributed by atoms with van der Waals surface area (Å²) in [5, 5.41) is 2.57. The number of thiophene rings is 1. The predicted molar refractivity (Wildman–Crippen MR) is 61.9 cm³/mol. The van der Waals surface area contributed by atoms with E-state index in [0.29, 0.717) is 11.1 Å². The van der Waals surface area contributed by atoms with Crippen LogP contribution in [0.4, 0.5) is 5.00 Å². The second-order valence-corrected chi connectivity index (χ2v) is 4.35. The maximum atomic E-state index is 12.0. The molecular formula is C12H7NO2S. The highest BCUT2D eigenvalue weighted by Gasteiger charge is 2.39. The molecule has 78 valence electrons. The van der Waals surface area contributed by atoms with E-state index in [9.17, 15) is 9.59 Å². The number of carbonyl (C=O) groups is 2. The first kappa shape index (κ1) is 9.30. The van der Waals surface area contributed by atoms with E-state index in [2.05, 4.69) is 0 Å². The van der Waals surface area contributed by atoms with Crippen LogP contribution in [0.15, 0.2) is 41.8 Å². The summed E-state index contributed by atoms with van der Waals surface area (Å²) in [5.74, 6) is -0.453. The van der Waals surface area contributed by atoms with Gasteiger partial charge >= 0.3 is 0 Å². The van der Waals surface area contributed by atoms with E-state index in [1.165, 1.54) is 16.2 Å². The lowest BCUT2D eigenvalue weighted by atomic mass is 10.1. The number of imide groups is 1. The van der Waals surface area contributed by atoms with Crippen LogP contribution in [0, 0.1) is 0 Å². The Morgan fingerprint density at radius 2 is 1.88 bits per heavy atom. The molecular weight excluding hydrogens is 222 g/mol. The number of amides is 2. The van der Waals surface area contributed by atoms with Crippen LogP contribution in [0.2, 0.25) is 0 Å². The summed E-state index contributed by atoms with van der Waals surface area (Å²) in [7, 11) is 0. The highest BCUT2D eigenvalue weighted by Crippen LogP contribution is 2.38. The molecule has 4 heteroatoms. The van der Waals surface area contributed by atoms with Crippen LogP contribution in [0.3, 0.4) is 0 Å². The van der Waals surface area contributed by atoms with Crippen molar-refractivity contribution in [3.63, 3.8) is 0 Å². The van der Waals surface area contributed by atoms with Crippen LogP contribution < -0.4 is 4.90 Å². The largest absolute Gasteiger partial charge is 0.269 e. The van der Waals surface area contributed by atoms with E-state index in [1.54, 1.807) is 30.3 Å². The summed E-state index contributed by atoms with van der Waals surface area (Å²) >= 11 is 1.41. The van der Waals surface area contributed by atoms with E-state index in [4.69, 9.17) is 0 Å². The average Bonchev–Trinajstić information content (AvgIpc) is 2.74. The minimum absolute atomic E-state index is 0.204. The van der Waals surface area contributed by atoms with Crippen molar-refractivity contribution in [1.82, 2.24) is 0 Å². The lowest BCUT2D eigenvalue weighted by Gasteiger charge is -2.28. The molecule has 2 heterocycles. The van der Waals surface area contributed by atoms with Gasteiger partial charge in [0.05, 0.1) is 5.56 Å². The van der Waals surface area contributed by atoms with Gasteiger partial charge in [-0.2, -0.15) is 0 Å². The van der Waals surface area contributed by atoms with Crippen molar-refractivity contribution in [2.75, 3.05) is 4.90 Å². The summed E-state index contributed by atoms with van der Waals surface area (Å²) < 4.78 is 0. The molecule has 1 aliphatic heterocycles. The molecule has 0 spiro atoms. The molecule has 3 nitrogen and oxygen atoms in total. The Kier molecular flexibility index (Phi) is 1.91. The quantitative estimate of drug-likeness (QED) is 0.705. The Hall–Kier alpha value is -1.94. The Morgan fingerprint density at radius 3 is 2.62 bits per heavy atom. The van der Waals surface area contributed by atoms with Gasteiger partial charge in [0, 0.05) is 5.56 Å². The summed E-state index contributed by atoms with van der Waals surface area (Å²) in [5.41, 5.74) is 1.18. The molecule has 0 fully saturated rings. The molecule has 2 aromatic rings. The van der Waals surface area contributed by atoms with Crippen molar-refractivity contribution in [3.05, 3.63) is 52.9 Å². The lowest BCUT2D eigenvalue weighted by molar-refractivity contribution is 0.0880. The van der Waals surface area contributed by atoms with Crippen molar-refractivity contribution in [2.45, 2.75) is 0 Å². The minimum Gasteiger partial charge on any atom is -0.268 e. The zero-order chi connectivity index (χ0) is 11.1. The molecule has 1 aliphatic rings. The Balaban J connectivity index is 1.98. The van der Waals surface area contributed by atoms with Crippen LogP contribution in [-0.4, -0.2) is 11.8 Å². The molecule has 2 amide bonds. The Morgan fingerprint density at radius 1 is 1.12 bits per heavy atom. The van der Waals surface area contributed by atoms with E-state index in [0.717, 1.165) is 5.00 Å². The fraction of sp³-hybridized carbons (Fsp3) is 0. The third-order valence-corrected chi connectivity index (χ3v) is 3.40. The molecule has 0 bridgehead atoms. The van der Waals surface area contributed by atoms with Gasteiger partial charge < -0.3 is 0 Å². The summed E-state index contributed by atoms with van der Waals surface area (Å²) in [6, 6.07) is 10.6. The third kappa shape index (κ3) is 1.13. The first-order chi connectivity index (χ1) is 7.79. The highest BCUT2D eigenvalue weighted by atomic mass is 32.1. The van der Waals surface area contributed by atoms with Crippen LogP contribution in [0.5, 0.6) is 0 Å². The molecule has 1 aromatic heterocycles. The number of rotatable bonds is 1. The summed E-state index contributed by atoms with van der Waals surface area (Å²) in [6.07, 6.45) is 0. The molecule has 1 aromatic carbocycles. The lowest BCUT2D eigenvalue weighted by Crippen LogP contribution is -2.44.